The Morgan fingerprint density at radius 2 is 1.92 bits per heavy atom. The lowest BCUT2D eigenvalue weighted by atomic mass is 9.71. The molecule has 2 aliphatic rings. The number of nitrogens with two attached hydrogens (primary N) is 1. The molecule has 1 saturated heterocycles. The third kappa shape index (κ3) is 1.97. The minimum Gasteiger partial charge on any atom is -0.325 e. The van der Waals surface area contributed by atoms with Crippen LogP contribution in [0, 0.1) is 5.92 Å². The van der Waals surface area contributed by atoms with Crippen molar-refractivity contribution in [3.8, 4) is 0 Å². The lowest BCUT2D eigenvalue weighted by Crippen LogP contribution is -2.48. The largest absolute Gasteiger partial charge is 0.325 e. The molecule has 2 N–H and O–H groups in total. The highest BCUT2D eigenvalue weighted by atomic mass is 32.2. The number of hydrogen-bond acceptors (Lipinski definition) is 2. The lowest BCUT2D eigenvalue weighted by molar-refractivity contribution is 0.190. The Morgan fingerprint density at radius 3 is 2.42 bits per heavy atom. The van der Waals surface area contributed by atoms with Gasteiger partial charge >= 0.3 is 0 Å². The first-order valence-corrected chi connectivity index (χ1v) is 6.31. The van der Waals surface area contributed by atoms with Gasteiger partial charge in [-0.2, -0.15) is 11.8 Å². The van der Waals surface area contributed by atoms with Crippen molar-refractivity contribution >= 4 is 11.8 Å². The Bertz CT molecular complexity index is 148. The maximum atomic E-state index is 6.23. The molecule has 1 nitrogen and oxygen atoms in total. The summed E-state index contributed by atoms with van der Waals surface area (Å²) >= 11 is 2.11. The van der Waals surface area contributed by atoms with Gasteiger partial charge < -0.3 is 5.73 Å². The van der Waals surface area contributed by atoms with Crippen LogP contribution in [0.25, 0.3) is 0 Å². The normalized spacial score (nSPS) is 29.8. The van der Waals surface area contributed by atoms with Crippen molar-refractivity contribution in [2.45, 2.75) is 44.1 Å². The van der Waals surface area contributed by atoms with Crippen LogP contribution in [0.1, 0.15) is 38.5 Å². The van der Waals surface area contributed by atoms with Crippen LogP contribution in [-0.4, -0.2) is 17.0 Å². The molecular formula is C10H19NS. The second-order valence-corrected chi connectivity index (χ2v) is 5.70. The van der Waals surface area contributed by atoms with E-state index in [1.165, 1.54) is 50.0 Å². The monoisotopic (exact) mass is 185 g/mol. The van der Waals surface area contributed by atoms with Crippen LogP contribution >= 0.6 is 11.8 Å². The highest BCUT2D eigenvalue weighted by molar-refractivity contribution is 7.99. The van der Waals surface area contributed by atoms with Crippen LogP contribution in [0.5, 0.6) is 0 Å². The van der Waals surface area contributed by atoms with Gasteiger partial charge in [0, 0.05) is 5.54 Å². The second kappa shape index (κ2) is 3.59. The molecule has 70 valence electrons. The van der Waals surface area contributed by atoms with Crippen molar-refractivity contribution in [1.29, 1.82) is 0 Å². The summed E-state index contributed by atoms with van der Waals surface area (Å²) in [5.74, 6) is 3.71. The van der Waals surface area contributed by atoms with Gasteiger partial charge in [0.05, 0.1) is 0 Å². The van der Waals surface area contributed by atoms with E-state index in [1.54, 1.807) is 0 Å². The van der Waals surface area contributed by atoms with Gasteiger partial charge in [-0.3, -0.25) is 0 Å². The predicted octanol–water partition coefficient (Wildman–Crippen LogP) is 2.40. The minimum absolute atomic E-state index is 0.271. The molecule has 2 heteroatoms. The van der Waals surface area contributed by atoms with E-state index in [2.05, 4.69) is 11.8 Å². The van der Waals surface area contributed by atoms with Crippen LogP contribution in [0.15, 0.2) is 0 Å². The lowest BCUT2D eigenvalue weighted by Gasteiger charge is -2.41. The summed E-state index contributed by atoms with van der Waals surface area (Å²) in [7, 11) is 0. The van der Waals surface area contributed by atoms with Gasteiger partial charge in [0.15, 0.2) is 0 Å². The molecule has 0 radical (unpaired) electrons. The third-order valence-corrected chi connectivity index (χ3v) is 4.43. The van der Waals surface area contributed by atoms with Crippen molar-refractivity contribution in [3.63, 3.8) is 0 Å². The fourth-order valence-corrected chi connectivity index (χ4v) is 3.56. The molecule has 0 aromatic rings. The van der Waals surface area contributed by atoms with Crippen LogP contribution in [0.3, 0.4) is 0 Å². The molecule has 1 saturated carbocycles. The second-order valence-electron chi connectivity index (χ2n) is 4.48. The molecule has 1 aliphatic heterocycles. The van der Waals surface area contributed by atoms with E-state index in [9.17, 15) is 0 Å². The molecule has 1 aliphatic carbocycles. The zero-order valence-electron chi connectivity index (χ0n) is 7.72. The van der Waals surface area contributed by atoms with Crippen molar-refractivity contribution in [2.75, 3.05) is 11.5 Å². The summed E-state index contributed by atoms with van der Waals surface area (Å²) in [5.41, 5.74) is 6.50. The van der Waals surface area contributed by atoms with Gasteiger partial charge in [-0.15, -0.1) is 0 Å². The topological polar surface area (TPSA) is 26.0 Å². The maximum absolute atomic E-state index is 6.23. The van der Waals surface area contributed by atoms with E-state index in [-0.39, 0.29) is 5.54 Å². The van der Waals surface area contributed by atoms with Gasteiger partial charge in [0.1, 0.15) is 0 Å². The van der Waals surface area contributed by atoms with Gasteiger partial charge in [-0.05, 0) is 55.9 Å². The van der Waals surface area contributed by atoms with E-state index in [0.717, 1.165) is 5.92 Å². The highest BCUT2D eigenvalue weighted by Gasteiger charge is 2.34. The van der Waals surface area contributed by atoms with Crippen LogP contribution in [-0.2, 0) is 0 Å². The Labute approximate surface area is 79.5 Å². The van der Waals surface area contributed by atoms with Gasteiger partial charge in [-0.1, -0.05) is 0 Å². The smallest absolute Gasteiger partial charge is 0.0157 e. The predicted molar refractivity (Wildman–Crippen MR) is 55.4 cm³/mol. The van der Waals surface area contributed by atoms with Crippen molar-refractivity contribution < 1.29 is 0 Å². The summed E-state index contributed by atoms with van der Waals surface area (Å²) in [5, 5.41) is 0. The van der Waals surface area contributed by atoms with Gasteiger partial charge in [0.25, 0.3) is 0 Å². The summed E-state index contributed by atoms with van der Waals surface area (Å²) in [6, 6.07) is 0. The van der Waals surface area contributed by atoms with Crippen molar-refractivity contribution in [3.05, 3.63) is 0 Å². The van der Waals surface area contributed by atoms with Crippen LogP contribution in [0.2, 0.25) is 0 Å². The van der Waals surface area contributed by atoms with E-state index in [0.29, 0.717) is 0 Å². The number of rotatable bonds is 2. The molecule has 0 amide bonds. The summed E-state index contributed by atoms with van der Waals surface area (Å²) in [6.45, 7) is 0. The quantitative estimate of drug-likeness (QED) is 0.715. The zero-order chi connectivity index (χ0) is 8.44. The molecule has 0 bridgehead atoms. The molecule has 2 fully saturated rings. The van der Waals surface area contributed by atoms with E-state index < -0.39 is 0 Å². The first kappa shape index (κ1) is 8.89. The molecule has 0 unspecified atom stereocenters. The van der Waals surface area contributed by atoms with Crippen molar-refractivity contribution in [1.82, 2.24) is 0 Å². The standard InChI is InChI=1S/C10H19NS/c11-10(4-1-5-10)8-9-2-6-12-7-3-9/h9H,1-8,11H2. The SMILES string of the molecule is NC1(CC2CCSCC2)CCC1. The number of hydrogen-bond donors (Lipinski definition) is 1. The molecule has 0 spiro atoms. The fraction of sp³-hybridized carbons (Fsp3) is 1.00. The Kier molecular flexibility index (Phi) is 2.66. The first-order valence-electron chi connectivity index (χ1n) is 5.15. The Balaban J connectivity index is 1.77. The van der Waals surface area contributed by atoms with Crippen LogP contribution < -0.4 is 5.73 Å². The zero-order valence-corrected chi connectivity index (χ0v) is 8.54. The van der Waals surface area contributed by atoms with Gasteiger partial charge in [-0.25, -0.2) is 0 Å². The Hall–Kier alpha value is 0.310. The molecule has 0 aromatic heterocycles. The van der Waals surface area contributed by atoms with E-state index >= 15 is 0 Å². The molecule has 0 aromatic carbocycles. The molecule has 2 rings (SSSR count). The fourth-order valence-electron chi connectivity index (χ4n) is 2.36. The van der Waals surface area contributed by atoms with E-state index in [4.69, 9.17) is 5.73 Å². The summed E-state index contributed by atoms with van der Waals surface area (Å²) in [4.78, 5) is 0. The Morgan fingerprint density at radius 1 is 1.25 bits per heavy atom. The molecule has 12 heavy (non-hydrogen) atoms. The van der Waals surface area contributed by atoms with Gasteiger partial charge in [0.2, 0.25) is 0 Å². The minimum atomic E-state index is 0.271. The summed E-state index contributed by atoms with van der Waals surface area (Å²) in [6.07, 6.45) is 8.10. The van der Waals surface area contributed by atoms with Crippen LogP contribution in [0.4, 0.5) is 0 Å². The molecule has 0 atom stereocenters. The average Bonchev–Trinajstić information content (AvgIpc) is 2.04. The first-order chi connectivity index (χ1) is 5.79. The molecular weight excluding hydrogens is 166 g/mol. The van der Waals surface area contributed by atoms with Crippen molar-refractivity contribution in [2.24, 2.45) is 11.7 Å². The van der Waals surface area contributed by atoms with E-state index in [1.807, 2.05) is 0 Å². The highest BCUT2D eigenvalue weighted by Crippen LogP contribution is 2.38. The maximum Gasteiger partial charge on any atom is 0.0157 e. The average molecular weight is 185 g/mol. The third-order valence-electron chi connectivity index (χ3n) is 3.39. The molecule has 1 heterocycles. The summed E-state index contributed by atoms with van der Waals surface area (Å²) < 4.78 is 0. The number of thioether (sulfide) groups is 1.